The number of methoxy groups -OCH3 is 2. The van der Waals surface area contributed by atoms with Crippen LogP contribution in [-0.4, -0.2) is 62.6 Å². The van der Waals surface area contributed by atoms with Crippen LogP contribution < -0.4 is 25.4 Å². The lowest BCUT2D eigenvalue weighted by Crippen LogP contribution is -2.44. The number of nitriles is 1. The van der Waals surface area contributed by atoms with Crippen LogP contribution in [0, 0.1) is 18.4 Å². The van der Waals surface area contributed by atoms with Gasteiger partial charge >= 0.3 is 0 Å². The van der Waals surface area contributed by atoms with Crippen molar-refractivity contribution >= 4 is 34.4 Å². The average Bonchev–Trinajstić information content (AvgIpc) is 3.24. The minimum atomic E-state index is -0.723. The fourth-order valence-electron chi connectivity index (χ4n) is 4.70. The van der Waals surface area contributed by atoms with Crippen LogP contribution in [0.2, 0.25) is 0 Å². The number of fused-ring (bicyclic) bond motifs is 1. The van der Waals surface area contributed by atoms with Gasteiger partial charge in [-0.3, -0.25) is 14.9 Å². The Morgan fingerprint density at radius 2 is 2.02 bits per heavy atom. The zero-order chi connectivity index (χ0) is 28.5. The maximum Gasteiger partial charge on any atom is 0.247 e. The molecular weight excluding hydrogens is 512 g/mol. The molecule has 11 nitrogen and oxygen atoms in total. The summed E-state index contributed by atoms with van der Waals surface area (Å²) in [5, 5.41) is 18.7. The largest absolute Gasteiger partial charge is 0.497 e. The Balaban J connectivity index is 1.38. The number of hydrogen-bond donors (Lipinski definition) is 3. The van der Waals surface area contributed by atoms with Gasteiger partial charge in [0.25, 0.3) is 0 Å². The summed E-state index contributed by atoms with van der Waals surface area (Å²) in [6, 6.07) is 12.2. The minimum absolute atomic E-state index is 0.0644. The molecule has 2 amide bonds. The molecule has 210 valence electrons. The smallest absolute Gasteiger partial charge is 0.247 e. The predicted molar refractivity (Wildman–Crippen MR) is 151 cm³/mol. The standard InChI is InChI=1S/C29H34N6O5/c1-19-14-21-15-22(7-9-26(21)40-19)33-29(32-18-30)34-24-6-4-5-13-35(28(24)37)17-27(36)31-12-11-20-16-23(38-2)8-10-25(20)39-3/h7-10,14-16,24H,4-6,11-13,17H2,1-3H3,(H,31,36)(H2,32,33,34)/t24-/m0/s1. The summed E-state index contributed by atoms with van der Waals surface area (Å²) < 4.78 is 16.3. The molecule has 4 rings (SSSR count). The van der Waals surface area contributed by atoms with Gasteiger partial charge in [-0.1, -0.05) is 0 Å². The van der Waals surface area contributed by atoms with Crippen LogP contribution in [0.25, 0.3) is 11.0 Å². The van der Waals surface area contributed by atoms with E-state index in [0.717, 1.165) is 35.1 Å². The SMILES string of the molecule is COc1ccc(OC)c(CCNC(=O)CN2CCCC[C@H](N=C(NC#N)Nc3ccc4oc(C)cc4c3)C2=O)c1. The topological polar surface area (TPSA) is 141 Å². The van der Waals surface area contributed by atoms with Gasteiger partial charge < -0.3 is 29.4 Å². The fourth-order valence-corrected chi connectivity index (χ4v) is 4.70. The lowest BCUT2D eigenvalue weighted by molar-refractivity contribution is -0.136. The van der Waals surface area contributed by atoms with Gasteiger partial charge in [0.2, 0.25) is 17.8 Å². The van der Waals surface area contributed by atoms with Crippen molar-refractivity contribution in [3.63, 3.8) is 0 Å². The van der Waals surface area contributed by atoms with E-state index in [0.29, 0.717) is 43.1 Å². The Morgan fingerprint density at radius 1 is 1.18 bits per heavy atom. The first kappa shape index (κ1) is 28.3. The van der Waals surface area contributed by atoms with Gasteiger partial charge in [-0.15, -0.1) is 0 Å². The molecule has 1 aromatic heterocycles. The molecular formula is C29H34N6O5. The molecule has 40 heavy (non-hydrogen) atoms. The highest BCUT2D eigenvalue weighted by molar-refractivity contribution is 5.98. The molecule has 1 atom stereocenters. The van der Waals surface area contributed by atoms with Crippen molar-refractivity contribution in [2.45, 2.75) is 38.6 Å². The van der Waals surface area contributed by atoms with Crippen molar-refractivity contribution in [3.8, 4) is 17.7 Å². The molecule has 1 saturated heterocycles. The third-order valence-electron chi connectivity index (χ3n) is 6.65. The van der Waals surface area contributed by atoms with Gasteiger partial charge in [0.1, 0.15) is 28.9 Å². The normalized spacial score (nSPS) is 15.8. The molecule has 1 aliphatic heterocycles. The van der Waals surface area contributed by atoms with Gasteiger partial charge in [-0.05, 0) is 80.6 Å². The highest BCUT2D eigenvalue weighted by Crippen LogP contribution is 2.25. The lowest BCUT2D eigenvalue weighted by Gasteiger charge is -2.22. The Kier molecular flexibility index (Phi) is 9.46. The van der Waals surface area contributed by atoms with Crippen molar-refractivity contribution in [1.82, 2.24) is 15.5 Å². The molecule has 0 aliphatic carbocycles. The molecule has 1 aliphatic rings. The van der Waals surface area contributed by atoms with Crippen molar-refractivity contribution in [3.05, 3.63) is 53.8 Å². The van der Waals surface area contributed by atoms with Crippen LogP contribution >= 0.6 is 0 Å². The molecule has 2 aromatic carbocycles. The van der Waals surface area contributed by atoms with Crippen LogP contribution in [-0.2, 0) is 16.0 Å². The van der Waals surface area contributed by atoms with E-state index in [1.165, 1.54) is 4.90 Å². The summed E-state index contributed by atoms with van der Waals surface area (Å²) in [6.07, 6.45) is 4.48. The van der Waals surface area contributed by atoms with Crippen molar-refractivity contribution in [2.24, 2.45) is 4.99 Å². The molecule has 0 radical (unpaired) electrons. The second-order valence-electron chi connectivity index (χ2n) is 9.50. The number of rotatable bonds is 9. The number of anilines is 1. The highest BCUT2D eigenvalue weighted by Gasteiger charge is 2.28. The summed E-state index contributed by atoms with van der Waals surface area (Å²) in [5.41, 5.74) is 2.36. The molecule has 0 saturated carbocycles. The zero-order valence-electron chi connectivity index (χ0n) is 23.0. The van der Waals surface area contributed by atoms with E-state index in [-0.39, 0.29) is 24.3 Å². The number of hydrogen-bond acceptors (Lipinski definition) is 7. The lowest BCUT2D eigenvalue weighted by atomic mass is 10.1. The number of furan rings is 1. The third-order valence-corrected chi connectivity index (χ3v) is 6.65. The van der Waals surface area contributed by atoms with Gasteiger partial charge in [-0.25, -0.2) is 4.99 Å². The molecule has 3 N–H and O–H groups in total. The number of ether oxygens (including phenoxy) is 2. The molecule has 1 fully saturated rings. The van der Waals surface area contributed by atoms with Crippen molar-refractivity contribution in [2.75, 3.05) is 39.2 Å². The van der Waals surface area contributed by atoms with Crippen LogP contribution in [0.5, 0.6) is 11.5 Å². The van der Waals surface area contributed by atoms with E-state index in [4.69, 9.17) is 13.9 Å². The van der Waals surface area contributed by atoms with E-state index in [1.54, 1.807) is 14.2 Å². The summed E-state index contributed by atoms with van der Waals surface area (Å²) in [4.78, 5) is 32.2. The van der Waals surface area contributed by atoms with E-state index in [2.05, 4.69) is 20.9 Å². The number of carbonyl (C=O) groups excluding carboxylic acids is 2. The second kappa shape index (κ2) is 13.4. The minimum Gasteiger partial charge on any atom is -0.497 e. The molecule has 2 heterocycles. The quantitative estimate of drug-likeness (QED) is 0.161. The first-order valence-electron chi connectivity index (χ1n) is 13.2. The molecule has 0 unspecified atom stereocenters. The predicted octanol–water partition coefficient (Wildman–Crippen LogP) is 3.34. The highest BCUT2D eigenvalue weighted by atomic mass is 16.5. The van der Waals surface area contributed by atoms with Gasteiger partial charge in [0, 0.05) is 24.2 Å². The van der Waals surface area contributed by atoms with E-state index >= 15 is 0 Å². The number of nitrogens with zero attached hydrogens (tertiary/aromatic N) is 3. The molecule has 0 spiro atoms. The van der Waals surface area contributed by atoms with E-state index in [1.807, 2.05) is 55.6 Å². The van der Waals surface area contributed by atoms with Gasteiger partial charge in [0.05, 0.1) is 20.8 Å². The van der Waals surface area contributed by atoms with Gasteiger partial charge in [-0.2, -0.15) is 5.26 Å². The molecule has 3 aromatic rings. The van der Waals surface area contributed by atoms with Gasteiger partial charge in [0.15, 0.2) is 6.19 Å². The Labute approximate surface area is 233 Å². The fraction of sp³-hybridized carbons (Fsp3) is 0.379. The summed E-state index contributed by atoms with van der Waals surface area (Å²) >= 11 is 0. The van der Waals surface area contributed by atoms with Crippen molar-refractivity contribution < 1.29 is 23.5 Å². The molecule has 11 heteroatoms. The average molecular weight is 547 g/mol. The molecule has 0 bridgehead atoms. The number of aryl methyl sites for hydroxylation is 1. The Hall–Kier alpha value is -4.72. The zero-order valence-corrected chi connectivity index (χ0v) is 23.0. The number of guanidine groups is 1. The third kappa shape index (κ3) is 7.22. The first-order chi connectivity index (χ1) is 19.4. The monoisotopic (exact) mass is 546 g/mol. The maximum absolute atomic E-state index is 13.4. The second-order valence-corrected chi connectivity index (χ2v) is 9.50. The Bertz CT molecular complexity index is 1430. The number of benzene rings is 2. The number of likely N-dealkylation sites (tertiary alicyclic amines) is 1. The Morgan fingerprint density at radius 3 is 2.80 bits per heavy atom. The van der Waals surface area contributed by atoms with E-state index in [9.17, 15) is 14.9 Å². The summed E-state index contributed by atoms with van der Waals surface area (Å²) in [5.74, 6) is 1.89. The van der Waals surface area contributed by atoms with Crippen LogP contribution in [0.15, 0.2) is 51.9 Å². The number of amides is 2. The van der Waals surface area contributed by atoms with Crippen LogP contribution in [0.4, 0.5) is 5.69 Å². The van der Waals surface area contributed by atoms with Crippen molar-refractivity contribution in [1.29, 1.82) is 5.26 Å². The van der Waals surface area contributed by atoms with Crippen LogP contribution in [0.1, 0.15) is 30.6 Å². The number of carbonyl (C=O) groups is 2. The number of nitrogens with one attached hydrogen (secondary N) is 3. The first-order valence-corrected chi connectivity index (χ1v) is 13.2. The van der Waals surface area contributed by atoms with E-state index < -0.39 is 6.04 Å². The number of aliphatic imine (C=N–C) groups is 1. The maximum atomic E-state index is 13.4. The van der Waals surface area contributed by atoms with Crippen LogP contribution in [0.3, 0.4) is 0 Å². The summed E-state index contributed by atoms with van der Waals surface area (Å²) in [6.45, 7) is 2.66. The summed E-state index contributed by atoms with van der Waals surface area (Å²) in [7, 11) is 3.19.